The molecular weight excluding hydrogens is 1280 g/mol. The number of halogens is 1. The maximum absolute atomic E-state index is 14.5. The zero-order valence-electron chi connectivity index (χ0n) is 55.9. The topological polar surface area (TPSA) is 392 Å². The number of nitrogens with one attached hydrogen (secondary N) is 5. The number of carbonyl (C=O) groups excluding carboxylic acids is 12. The third-order valence-corrected chi connectivity index (χ3v) is 17.6. The van der Waals surface area contributed by atoms with E-state index in [0.717, 1.165) is 16.0 Å². The SMILES string of the molecule is COc1cc2cc(c1Cl)N(C)C(=O)C[C@H](OC(=O)[C@H](C)N(C)C(=O)CCN(C)C(=O)OCc1ccc(NC(=O)[C@H](CCCNC(N)=O)NC(=O)[C@@H](NC(=O)CCCCC(=O)ON3C(=O)CCC3=O)C(C)C)cc1)[C@]1(C)O[C@H]1[C@H](C)[C@@H]1C[C@@](O)(NC(=O)O1)[C@H](OC)/C=C\C=C(\C)C2. The van der Waals surface area contributed by atoms with Crippen LogP contribution in [0.2, 0.25) is 5.02 Å². The number of aliphatic hydroxyl groups is 1. The number of primary amides is 1. The number of esters is 1. The first-order chi connectivity index (χ1) is 45.3. The van der Waals surface area contributed by atoms with E-state index in [0.29, 0.717) is 34.2 Å². The van der Waals surface area contributed by atoms with Crippen molar-refractivity contribution in [3.05, 3.63) is 76.3 Å². The summed E-state index contributed by atoms with van der Waals surface area (Å²) >= 11 is 6.83. The second-order valence-corrected chi connectivity index (χ2v) is 25.2. The van der Waals surface area contributed by atoms with E-state index < -0.39 is 144 Å². The highest BCUT2D eigenvalue weighted by Gasteiger charge is 2.64. The highest BCUT2D eigenvalue weighted by molar-refractivity contribution is 6.35. The molecule has 31 heteroatoms. The number of imide groups is 1. The molecule has 11 amide bonds. The summed E-state index contributed by atoms with van der Waals surface area (Å²) in [5, 5.41) is 25.6. The Hall–Kier alpha value is -8.87. The van der Waals surface area contributed by atoms with E-state index in [2.05, 4.69) is 26.6 Å². The minimum atomic E-state index is -1.92. The van der Waals surface area contributed by atoms with Crippen molar-refractivity contribution in [2.24, 2.45) is 17.6 Å². The number of nitrogens with two attached hydrogens (primary N) is 1. The van der Waals surface area contributed by atoms with Gasteiger partial charge in [-0.3, -0.25) is 38.9 Å². The summed E-state index contributed by atoms with van der Waals surface area (Å²) in [6.07, 6.45) is -0.737. The third-order valence-electron chi connectivity index (χ3n) is 17.2. The number of benzene rings is 2. The van der Waals surface area contributed by atoms with E-state index in [-0.39, 0.29) is 88.9 Å². The summed E-state index contributed by atoms with van der Waals surface area (Å²) in [5.74, 6) is -6.59. The van der Waals surface area contributed by atoms with Crippen LogP contribution in [-0.2, 0) is 84.7 Å². The van der Waals surface area contributed by atoms with Crippen LogP contribution in [0.15, 0.2) is 60.2 Å². The molecule has 2 aromatic carbocycles. The summed E-state index contributed by atoms with van der Waals surface area (Å²) in [6, 6.07) is 5.47. The average molecular weight is 1370 g/mol. The van der Waals surface area contributed by atoms with Crippen LogP contribution in [0, 0.1) is 11.8 Å². The Balaban J connectivity index is 1.03. The molecule has 10 atom stereocenters. The number of hydrogen-bond donors (Lipinski definition) is 7. The fourth-order valence-corrected chi connectivity index (χ4v) is 11.4. The van der Waals surface area contributed by atoms with E-state index in [9.17, 15) is 62.6 Å². The molecule has 0 radical (unpaired) electrons. The van der Waals surface area contributed by atoms with Crippen molar-refractivity contribution in [2.45, 2.75) is 179 Å². The number of ether oxygens (including phenoxy) is 6. The molecule has 6 rings (SSSR count). The molecule has 3 fully saturated rings. The maximum atomic E-state index is 14.5. The number of nitrogens with zero attached hydrogens (tertiary/aromatic N) is 4. The van der Waals surface area contributed by atoms with Gasteiger partial charge in [-0.2, -0.15) is 0 Å². The second-order valence-electron chi connectivity index (χ2n) is 24.9. The largest absolute Gasteiger partial charge is 0.495 e. The van der Waals surface area contributed by atoms with Gasteiger partial charge < -0.3 is 80.1 Å². The van der Waals surface area contributed by atoms with Crippen molar-refractivity contribution in [3.8, 4) is 5.75 Å². The van der Waals surface area contributed by atoms with Crippen LogP contribution in [0.3, 0.4) is 0 Å². The molecule has 4 aliphatic rings. The van der Waals surface area contributed by atoms with E-state index in [4.69, 9.17) is 50.6 Å². The standard InChI is InChI=1S/C65H89ClN10O20/c1-36(2)56(71-49(77)19-12-13-20-54(82)96-76-51(79)25-26-52(76)80)59(84)70-43(17-15-28-68-61(67)86)58(83)69-42-23-21-40(22-24-42)35-92-63(88)73(7)29-27-50(78)74(8)39(5)60(85)94-48-33-53(81)75(9)44-31-41(32-45(90-10)55(44)66)30-37(3)16-14-18-47(91-11)65(89)34-46(93-62(87)72-65)38(4)57-64(48,6)95-57/h14,16,18,21-24,31-32,36,38-39,43,46-48,56-57,89H,12-13,15,17,19-20,25-30,33-35H2,1-11H3,(H,69,83)(H,70,84)(H,71,77)(H,72,87)(H3,67,68,86)/b18-14-,37-16-/t38-,39+,43+,46+,47-,48+,56+,57+,64+,65+/m1/s1. The maximum Gasteiger partial charge on any atom is 0.409 e. The number of amides is 11. The van der Waals surface area contributed by atoms with Crippen LogP contribution in [-0.4, -0.2) is 194 Å². The molecule has 0 aliphatic carbocycles. The summed E-state index contributed by atoms with van der Waals surface area (Å²) < 4.78 is 35.0. The first-order valence-electron chi connectivity index (χ1n) is 31.6. The van der Waals surface area contributed by atoms with E-state index >= 15 is 0 Å². The third kappa shape index (κ3) is 20.6. The lowest BCUT2D eigenvalue weighted by atomic mass is 9.83. The number of hydroxylamine groups is 2. The van der Waals surface area contributed by atoms with Crippen LogP contribution in [0.25, 0.3) is 0 Å². The number of epoxide rings is 1. The first-order valence-corrected chi connectivity index (χ1v) is 32.0. The number of fused-ring (bicyclic) bond motifs is 5. The van der Waals surface area contributed by atoms with Gasteiger partial charge >= 0.3 is 30.2 Å². The number of rotatable bonds is 26. The van der Waals surface area contributed by atoms with Gasteiger partial charge in [-0.15, -0.1) is 5.06 Å². The normalized spacial score (nSPS) is 23.6. The van der Waals surface area contributed by atoms with Gasteiger partial charge in [0.05, 0.1) is 25.3 Å². The highest BCUT2D eigenvalue weighted by Crippen LogP contribution is 2.49. The molecule has 30 nitrogen and oxygen atoms in total. The molecule has 526 valence electrons. The second kappa shape index (κ2) is 34.2. The van der Waals surface area contributed by atoms with E-state index in [1.165, 1.54) is 64.2 Å². The Morgan fingerprint density at radius 1 is 0.917 bits per heavy atom. The lowest BCUT2D eigenvalue weighted by molar-refractivity contribution is -0.197. The molecule has 0 aromatic heterocycles. The van der Waals surface area contributed by atoms with Crippen LogP contribution in [0.1, 0.15) is 123 Å². The van der Waals surface area contributed by atoms with Crippen LogP contribution >= 0.6 is 11.6 Å². The predicted molar refractivity (Wildman–Crippen MR) is 345 cm³/mol. The summed E-state index contributed by atoms with van der Waals surface area (Å²) in [6.45, 7) is 9.83. The van der Waals surface area contributed by atoms with Crippen LogP contribution in [0.5, 0.6) is 5.75 Å². The number of allylic oxidation sites excluding steroid dienone is 3. The number of hydrogen-bond acceptors (Lipinski definition) is 20. The lowest BCUT2D eigenvalue weighted by Crippen LogP contribution is -2.63. The molecule has 4 aliphatic heterocycles. The Morgan fingerprint density at radius 3 is 2.24 bits per heavy atom. The Morgan fingerprint density at radius 2 is 1.59 bits per heavy atom. The van der Waals surface area contributed by atoms with Crippen LogP contribution in [0.4, 0.5) is 25.8 Å². The van der Waals surface area contributed by atoms with Gasteiger partial charge in [0, 0.05) is 91.5 Å². The Labute approximate surface area is 561 Å². The molecule has 0 unspecified atom stereocenters. The smallest absolute Gasteiger partial charge is 0.409 e. The van der Waals surface area contributed by atoms with Gasteiger partial charge in [0.2, 0.25) is 29.5 Å². The van der Waals surface area contributed by atoms with Crippen molar-refractivity contribution in [3.63, 3.8) is 0 Å². The minimum absolute atomic E-state index is 0.0434. The minimum Gasteiger partial charge on any atom is -0.495 e. The zero-order valence-corrected chi connectivity index (χ0v) is 56.7. The summed E-state index contributed by atoms with van der Waals surface area (Å²) in [7, 11) is 7.16. The number of alkyl carbamates (subject to hydrolysis) is 1. The predicted octanol–water partition coefficient (Wildman–Crippen LogP) is 4.35. The van der Waals surface area contributed by atoms with E-state index in [1.807, 2.05) is 13.0 Å². The number of anilines is 2. The molecular formula is C65H89ClN10O20. The van der Waals surface area contributed by atoms with Gasteiger partial charge in [-0.25, -0.2) is 24.0 Å². The monoisotopic (exact) mass is 1360 g/mol. The van der Waals surface area contributed by atoms with Crippen molar-refractivity contribution < 1.29 is 95.9 Å². The average Bonchev–Trinajstić information content (AvgIpc) is 1.57. The molecule has 0 spiro atoms. The molecule has 96 heavy (non-hydrogen) atoms. The number of methoxy groups -OCH3 is 2. The lowest BCUT2D eigenvalue weighted by Gasteiger charge is -2.42. The molecule has 0 saturated carbocycles. The quantitative estimate of drug-likeness (QED) is 0.0226. The van der Waals surface area contributed by atoms with Gasteiger partial charge in [-0.1, -0.05) is 68.3 Å². The van der Waals surface area contributed by atoms with Gasteiger partial charge in [0.1, 0.15) is 59.4 Å². The fourth-order valence-electron chi connectivity index (χ4n) is 11.1. The molecule has 8 N–H and O–H groups in total. The van der Waals surface area contributed by atoms with E-state index in [1.54, 1.807) is 64.1 Å². The number of unbranched alkanes of at least 4 members (excludes halogenated alkanes) is 1. The number of urea groups is 1. The number of carbonyl (C=O) groups is 12. The van der Waals surface area contributed by atoms with Crippen LogP contribution < -0.4 is 42.0 Å². The van der Waals surface area contributed by atoms with Crippen molar-refractivity contribution in [1.29, 1.82) is 0 Å². The van der Waals surface area contributed by atoms with Gasteiger partial charge in [0.15, 0.2) is 5.72 Å². The first kappa shape index (κ1) is 76.2. The summed E-state index contributed by atoms with van der Waals surface area (Å²) in [5.41, 5.74) is 4.66. The Bertz CT molecular complexity index is 3280. The van der Waals surface area contributed by atoms with Gasteiger partial charge in [-0.05, 0) is 94.2 Å². The van der Waals surface area contributed by atoms with Crippen molar-refractivity contribution in [1.82, 2.24) is 36.1 Å². The molecule has 4 bridgehead atoms. The fraction of sp³-hybridized carbons (Fsp3) is 0.569. The molecule has 4 heterocycles. The van der Waals surface area contributed by atoms with Gasteiger partial charge in [0.25, 0.3) is 11.8 Å². The molecule has 2 aromatic rings. The Kier molecular flexibility index (Phi) is 27.1. The van der Waals surface area contributed by atoms with Crippen molar-refractivity contribution >= 4 is 94.5 Å². The van der Waals surface area contributed by atoms with Crippen molar-refractivity contribution in [2.75, 3.05) is 58.7 Å². The highest BCUT2D eigenvalue weighted by atomic mass is 35.5. The summed E-state index contributed by atoms with van der Waals surface area (Å²) in [4.78, 5) is 165. The zero-order chi connectivity index (χ0) is 70.9. The number of likely N-dealkylation sites (N-methyl/N-ethyl adjacent to an activating group) is 1. The molecule has 3 saturated heterocycles.